The monoisotopic (exact) mass is 229 g/mol. The number of alkyl halides is 1. The number of piperidine rings is 1. The second-order valence-corrected chi connectivity index (χ2v) is 4.54. The van der Waals surface area contributed by atoms with Gasteiger partial charge >= 0.3 is 0 Å². The predicted molar refractivity (Wildman–Crippen MR) is 62.3 cm³/mol. The Morgan fingerprint density at radius 1 is 1.14 bits per heavy atom. The van der Waals surface area contributed by atoms with Gasteiger partial charge in [0.1, 0.15) is 5.50 Å². The molecule has 1 heterocycles. The van der Waals surface area contributed by atoms with Crippen LogP contribution in [0.25, 0.3) is 0 Å². The average Bonchev–Trinajstić information content (AvgIpc) is 2.20. The Hall–Kier alpha value is -0.400. The highest BCUT2D eigenvalue weighted by Crippen LogP contribution is 2.27. The summed E-state index contributed by atoms with van der Waals surface area (Å²) in [6.07, 6.45) is 3.54. The lowest BCUT2D eigenvalue weighted by Gasteiger charge is -2.33. The number of hydrogen-bond donors (Lipinski definition) is 0. The maximum Gasteiger partial charge on any atom is 0.104 e. The lowest BCUT2D eigenvalue weighted by Crippen LogP contribution is -2.35. The van der Waals surface area contributed by atoms with Gasteiger partial charge in [-0.3, -0.25) is 0 Å². The first-order chi connectivity index (χ1) is 6.77. The van der Waals surface area contributed by atoms with Crippen molar-refractivity contribution in [2.45, 2.75) is 24.8 Å². The lowest BCUT2D eigenvalue weighted by atomic mass is 10.1. The molecule has 1 aliphatic rings. The molecule has 0 aromatic heterocycles. The second-order valence-electron chi connectivity index (χ2n) is 3.60. The van der Waals surface area contributed by atoms with Gasteiger partial charge in [0.15, 0.2) is 0 Å². The Kier molecular flexibility index (Phi) is 3.19. The van der Waals surface area contributed by atoms with Gasteiger partial charge in [0.05, 0.1) is 0 Å². The molecule has 0 amide bonds. The molecular formula is C11H13Cl2N. The summed E-state index contributed by atoms with van der Waals surface area (Å²) < 4.78 is 0. The van der Waals surface area contributed by atoms with Crippen molar-refractivity contribution in [2.75, 3.05) is 11.4 Å². The Labute approximate surface area is 94.6 Å². The van der Waals surface area contributed by atoms with Crippen molar-refractivity contribution < 1.29 is 0 Å². The Morgan fingerprint density at radius 3 is 2.50 bits per heavy atom. The summed E-state index contributed by atoms with van der Waals surface area (Å²) in [7, 11) is 0. The molecule has 1 aliphatic heterocycles. The highest BCUT2D eigenvalue weighted by Gasteiger charge is 2.19. The van der Waals surface area contributed by atoms with Gasteiger partial charge in [-0.15, -0.1) is 0 Å². The van der Waals surface area contributed by atoms with Crippen LogP contribution in [0.5, 0.6) is 0 Å². The molecule has 1 atom stereocenters. The van der Waals surface area contributed by atoms with Gasteiger partial charge in [0, 0.05) is 17.3 Å². The van der Waals surface area contributed by atoms with Crippen LogP contribution in [0.15, 0.2) is 24.3 Å². The fraction of sp³-hybridized carbons (Fsp3) is 0.455. The van der Waals surface area contributed by atoms with E-state index in [-0.39, 0.29) is 5.50 Å². The summed E-state index contributed by atoms with van der Waals surface area (Å²) in [6, 6.07) is 7.89. The third-order valence-corrected chi connectivity index (χ3v) is 3.29. The van der Waals surface area contributed by atoms with Gasteiger partial charge in [0.2, 0.25) is 0 Å². The summed E-state index contributed by atoms with van der Waals surface area (Å²) in [6.45, 7) is 1.05. The van der Waals surface area contributed by atoms with Crippen molar-refractivity contribution in [1.29, 1.82) is 0 Å². The van der Waals surface area contributed by atoms with Crippen molar-refractivity contribution in [3.8, 4) is 0 Å². The zero-order valence-corrected chi connectivity index (χ0v) is 9.43. The molecule has 0 aliphatic carbocycles. The van der Waals surface area contributed by atoms with E-state index in [0.29, 0.717) is 0 Å². The van der Waals surface area contributed by atoms with Gasteiger partial charge in [0.25, 0.3) is 0 Å². The van der Waals surface area contributed by atoms with Crippen LogP contribution in [-0.4, -0.2) is 12.0 Å². The van der Waals surface area contributed by atoms with Crippen LogP contribution in [0, 0.1) is 0 Å². The van der Waals surface area contributed by atoms with Crippen molar-refractivity contribution >= 4 is 28.9 Å². The van der Waals surface area contributed by atoms with Crippen LogP contribution in [0.4, 0.5) is 5.69 Å². The second kappa shape index (κ2) is 4.41. The molecular weight excluding hydrogens is 217 g/mol. The molecule has 76 valence electrons. The minimum absolute atomic E-state index is 0.143. The first-order valence-corrected chi connectivity index (χ1v) is 5.75. The van der Waals surface area contributed by atoms with Crippen LogP contribution in [0.1, 0.15) is 19.3 Å². The van der Waals surface area contributed by atoms with Gasteiger partial charge in [-0.05, 0) is 43.5 Å². The zero-order chi connectivity index (χ0) is 9.97. The van der Waals surface area contributed by atoms with Gasteiger partial charge in [-0.25, -0.2) is 0 Å². The van der Waals surface area contributed by atoms with Crippen molar-refractivity contribution in [1.82, 2.24) is 0 Å². The molecule has 0 N–H and O–H groups in total. The van der Waals surface area contributed by atoms with Crippen molar-refractivity contribution in [3.63, 3.8) is 0 Å². The molecule has 14 heavy (non-hydrogen) atoms. The first-order valence-electron chi connectivity index (χ1n) is 4.93. The van der Waals surface area contributed by atoms with Crippen LogP contribution in [-0.2, 0) is 0 Å². The van der Waals surface area contributed by atoms with Crippen LogP contribution >= 0.6 is 23.2 Å². The molecule has 0 spiro atoms. The van der Waals surface area contributed by atoms with E-state index in [4.69, 9.17) is 23.2 Å². The Balaban J connectivity index is 2.16. The molecule has 1 fully saturated rings. The molecule has 1 saturated heterocycles. The number of hydrogen-bond acceptors (Lipinski definition) is 1. The molecule has 1 aromatic rings. The Bertz CT molecular complexity index is 297. The number of benzene rings is 1. The molecule has 0 saturated carbocycles. The van der Waals surface area contributed by atoms with Crippen molar-refractivity contribution in [2.24, 2.45) is 0 Å². The molecule has 1 nitrogen and oxygen atoms in total. The summed E-state index contributed by atoms with van der Waals surface area (Å²) >= 11 is 12.1. The van der Waals surface area contributed by atoms with E-state index in [2.05, 4.69) is 4.90 Å². The number of halogens is 2. The summed E-state index contributed by atoms with van der Waals surface area (Å²) in [5.41, 5.74) is 1.32. The Morgan fingerprint density at radius 2 is 1.86 bits per heavy atom. The van der Waals surface area contributed by atoms with Crippen LogP contribution in [0.3, 0.4) is 0 Å². The van der Waals surface area contributed by atoms with Crippen LogP contribution in [0.2, 0.25) is 5.02 Å². The maximum absolute atomic E-state index is 6.25. The smallest absolute Gasteiger partial charge is 0.104 e. The minimum atomic E-state index is 0.143. The van der Waals surface area contributed by atoms with E-state index in [1.165, 1.54) is 18.5 Å². The SMILES string of the molecule is Clc1ccc(N2CCCCC2Cl)cc1. The number of nitrogens with zero attached hydrogens (tertiary/aromatic N) is 1. The molecule has 0 radical (unpaired) electrons. The number of rotatable bonds is 1. The lowest BCUT2D eigenvalue weighted by molar-refractivity contribution is 0.545. The summed E-state index contributed by atoms with van der Waals surface area (Å²) in [5, 5.41) is 0.775. The van der Waals surface area contributed by atoms with Crippen molar-refractivity contribution in [3.05, 3.63) is 29.3 Å². The van der Waals surface area contributed by atoms with E-state index in [1.54, 1.807) is 0 Å². The topological polar surface area (TPSA) is 3.24 Å². The van der Waals surface area contributed by atoms with Gasteiger partial charge < -0.3 is 4.90 Å². The summed E-state index contributed by atoms with van der Waals surface area (Å²) in [5.74, 6) is 0. The minimum Gasteiger partial charge on any atom is -0.355 e. The largest absolute Gasteiger partial charge is 0.355 e. The standard InChI is InChI=1S/C11H13Cl2N/c12-9-4-6-10(7-5-9)14-8-2-1-3-11(14)13/h4-7,11H,1-3,8H2. The van der Waals surface area contributed by atoms with E-state index in [9.17, 15) is 0 Å². The highest BCUT2D eigenvalue weighted by atomic mass is 35.5. The zero-order valence-electron chi connectivity index (χ0n) is 7.92. The van der Waals surface area contributed by atoms with E-state index in [1.807, 2.05) is 24.3 Å². The fourth-order valence-electron chi connectivity index (χ4n) is 1.81. The molecule has 0 bridgehead atoms. The van der Waals surface area contributed by atoms with E-state index >= 15 is 0 Å². The predicted octanol–water partition coefficient (Wildman–Crippen LogP) is 3.90. The molecule has 1 unspecified atom stereocenters. The van der Waals surface area contributed by atoms with Gasteiger partial charge in [-0.2, -0.15) is 0 Å². The normalized spacial score (nSPS) is 22.4. The van der Waals surface area contributed by atoms with Gasteiger partial charge in [-0.1, -0.05) is 23.2 Å². The van der Waals surface area contributed by atoms with Crippen LogP contribution < -0.4 is 4.90 Å². The average molecular weight is 230 g/mol. The third kappa shape index (κ3) is 2.15. The third-order valence-electron chi connectivity index (χ3n) is 2.59. The number of anilines is 1. The van der Waals surface area contributed by atoms with E-state index in [0.717, 1.165) is 18.0 Å². The summed E-state index contributed by atoms with van der Waals surface area (Å²) in [4.78, 5) is 2.24. The van der Waals surface area contributed by atoms with E-state index < -0.39 is 0 Å². The molecule has 2 rings (SSSR count). The molecule has 1 aromatic carbocycles. The fourth-order valence-corrected chi connectivity index (χ4v) is 2.30. The molecule has 3 heteroatoms. The first kappa shape index (κ1) is 10.1. The highest BCUT2D eigenvalue weighted by molar-refractivity contribution is 6.30. The quantitative estimate of drug-likeness (QED) is 0.522. The maximum atomic E-state index is 6.25.